The molecule has 0 amide bonds. The van der Waals surface area contributed by atoms with Crippen molar-refractivity contribution in [2.45, 2.75) is 6.18 Å². The van der Waals surface area contributed by atoms with Crippen molar-refractivity contribution in [1.29, 1.82) is 0 Å². The number of nitro groups is 1. The Hall–Kier alpha value is -2.43. The van der Waals surface area contributed by atoms with Gasteiger partial charge in [-0.3, -0.25) is 10.1 Å². The Morgan fingerprint density at radius 2 is 1.71 bits per heavy atom. The third-order valence-corrected chi connectivity index (χ3v) is 4.66. The summed E-state index contributed by atoms with van der Waals surface area (Å²) in [7, 11) is 0. The number of aromatic nitrogens is 2. The maximum absolute atomic E-state index is 12.6. The minimum atomic E-state index is -4.50. The second-order valence-electron chi connectivity index (χ2n) is 5.11. The van der Waals surface area contributed by atoms with E-state index in [2.05, 4.69) is 10.2 Å². The van der Waals surface area contributed by atoms with E-state index < -0.39 is 16.1 Å². The lowest BCUT2D eigenvalue weighted by Gasteiger charge is -2.35. The zero-order valence-corrected chi connectivity index (χ0v) is 13.0. The molecule has 24 heavy (non-hydrogen) atoms. The second kappa shape index (κ2) is 6.23. The molecule has 0 bridgehead atoms. The fourth-order valence-corrected chi connectivity index (χ4v) is 3.25. The molecule has 1 aromatic carbocycles. The van der Waals surface area contributed by atoms with Gasteiger partial charge in [0.05, 0.1) is 4.92 Å². The number of anilines is 2. The van der Waals surface area contributed by atoms with Gasteiger partial charge in [-0.25, -0.2) is 0 Å². The minimum absolute atomic E-state index is 0.0150. The molecule has 0 spiro atoms. The molecular formula is C13H12F3N5O2S. The molecule has 7 nitrogen and oxygen atoms in total. The third-order valence-electron chi connectivity index (χ3n) is 3.63. The largest absolute Gasteiger partial charge is 0.445 e. The zero-order chi connectivity index (χ0) is 17.3. The van der Waals surface area contributed by atoms with Crippen molar-refractivity contribution < 1.29 is 18.1 Å². The van der Waals surface area contributed by atoms with E-state index >= 15 is 0 Å². The number of halogens is 3. The first-order chi connectivity index (χ1) is 11.4. The second-order valence-corrected chi connectivity index (χ2v) is 6.06. The molecule has 0 aliphatic carbocycles. The van der Waals surface area contributed by atoms with E-state index in [0.717, 1.165) is 0 Å². The number of hydrogen-bond donors (Lipinski definition) is 0. The summed E-state index contributed by atoms with van der Waals surface area (Å²) in [6, 6.07) is 6.41. The van der Waals surface area contributed by atoms with Crippen LogP contribution in [0.25, 0.3) is 0 Å². The molecule has 2 aromatic rings. The van der Waals surface area contributed by atoms with Crippen LogP contribution >= 0.6 is 11.3 Å². The smallest absolute Gasteiger partial charge is 0.362 e. The van der Waals surface area contributed by atoms with Crippen LogP contribution in [0.3, 0.4) is 0 Å². The molecule has 11 heteroatoms. The average Bonchev–Trinajstić information content (AvgIpc) is 3.05. The van der Waals surface area contributed by atoms with Crippen molar-refractivity contribution in [3.05, 3.63) is 39.4 Å². The van der Waals surface area contributed by atoms with Crippen molar-refractivity contribution in [3.8, 4) is 0 Å². The lowest BCUT2D eigenvalue weighted by Crippen LogP contribution is -2.46. The van der Waals surface area contributed by atoms with E-state index in [9.17, 15) is 23.3 Å². The first-order valence-electron chi connectivity index (χ1n) is 7.00. The highest BCUT2D eigenvalue weighted by atomic mass is 32.1. The van der Waals surface area contributed by atoms with Gasteiger partial charge in [-0.1, -0.05) is 23.5 Å². The number of hydrogen-bond acceptors (Lipinski definition) is 7. The molecular weight excluding hydrogens is 347 g/mol. The molecule has 0 atom stereocenters. The molecule has 1 aliphatic rings. The van der Waals surface area contributed by atoms with Gasteiger partial charge in [0, 0.05) is 32.2 Å². The first kappa shape index (κ1) is 16.4. The molecule has 3 rings (SSSR count). The summed E-state index contributed by atoms with van der Waals surface area (Å²) >= 11 is 0.503. The highest BCUT2D eigenvalue weighted by Gasteiger charge is 2.36. The summed E-state index contributed by atoms with van der Waals surface area (Å²) in [5, 5.41) is 17.1. The average molecular weight is 359 g/mol. The predicted octanol–water partition coefficient (Wildman–Crippen LogP) is 2.79. The number of benzene rings is 1. The van der Waals surface area contributed by atoms with E-state index in [1.807, 2.05) is 4.90 Å². The van der Waals surface area contributed by atoms with Gasteiger partial charge in [-0.15, -0.1) is 10.2 Å². The topological polar surface area (TPSA) is 75.4 Å². The van der Waals surface area contributed by atoms with Crippen LogP contribution in [0.1, 0.15) is 5.01 Å². The van der Waals surface area contributed by atoms with Gasteiger partial charge in [-0.05, 0) is 6.07 Å². The Bertz CT molecular complexity index is 743. The highest BCUT2D eigenvalue weighted by Crippen LogP contribution is 2.35. The van der Waals surface area contributed by atoms with Gasteiger partial charge in [-0.2, -0.15) is 13.2 Å². The number of piperazine rings is 1. The van der Waals surface area contributed by atoms with Crippen LogP contribution in [0.5, 0.6) is 0 Å². The number of para-hydroxylation sites is 2. The highest BCUT2D eigenvalue weighted by molar-refractivity contribution is 7.15. The fraction of sp³-hybridized carbons (Fsp3) is 0.385. The minimum Gasteiger partial charge on any atom is -0.362 e. The summed E-state index contributed by atoms with van der Waals surface area (Å²) < 4.78 is 37.8. The maximum atomic E-state index is 12.6. The maximum Gasteiger partial charge on any atom is 0.445 e. The van der Waals surface area contributed by atoms with E-state index in [-0.39, 0.29) is 10.8 Å². The number of rotatable bonds is 3. The Kier molecular flexibility index (Phi) is 4.26. The fourth-order valence-electron chi connectivity index (χ4n) is 2.48. The van der Waals surface area contributed by atoms with Gasteiger partial charge >= 0.3 is 6.18 Å². The lowest BCUT2D eigenvalue weighted by atomic mass is 10.2. The molecule has 1 aliphatic heterocycles. The van der Waals surface area contributed by atoms with Crippen molar-refractivity contribution >= 4 is 27.8 Å². The van der Waals surface area contributed by atoms with E-state index in [1.165, 1.54) is 6.07 Å². The number of nitro benzene ring substituents is 1. The Morgan fingerprint density at radius 1 is 1.08 bits per heavy atom. The molecule has 1 saturated heterocycles. The Labute approximate surface area is 138 Å². The van der Waals surface area contributed by atoms with E-state index in [0.29, 0.717) is 43.2 Å². The van der Waals surface area contributed by atoms with Gasteiger partial charge in [0.15, 0.2) is 0 Å². The molecule has 0 unspecified atom stereocenters. The van der Waals surface area contributed by atoms with Gasteiger partial charge in [0.2, 0.25) is 10.1 Å². The normalized spacial score (nSPS) is 15.6. The van der Waals surface area contributed by atoms with E-state index in [1.54, 1.807) is 23.1 Å². The van der Waals surface area contributed by atoms with E-state index in [4.69, 9.17) is 0 Å². The molecule has 1 fully saturated rings. The van der Waals surface area contributed by atoms with Gasteiger partial charge in [0.1, 0.15) is 5.69 Å². The van der Waals surface area contributed by atoms with Crippen molar-refractivity contribution in [1.82, 2.24) is 10.2 Å². The quantitative estimate of drug-likeness (QED) is 0.620. The van der Waals surface area contributed by atoms with Crippen molar-refractivity contribution in [2.75, 3.05) is 36.0 Å². The zero-order valence-electron chi connectivity index (χ0n) is 12.2. The lowest BCUT2D eigenvalue weighted by molar-refractivity contribution is -0.384. The Balaban J connectivity index is 1.70. The van der Waals surface area contributed by atoms with Crippen LogP contribution in [0.2, 0.25) is 0 Å². The molecule has 1 aromatic heterocycles. The SMILES string of the molecule is O=[N+]([O-])c1ccccc1N1CCN(c2nnc(C(F)(F)F)s2)CC1. The molecule has 0 N–H and O–H groups in total. The summed E-state index contributed by atoms with van der Waals surface area (Å²) in [5.41, 5.74) is 0.525. The predicted molar refractivity (Wildman–Crippen MR) is 82.4 cm³/mol. The van der Waals surface area contributed by atoms with Crippen molar-refractivity contribution in [2.24, 2.45) is 0 Å². The summed E-state index contributed by atoms with van der Waals surface area (Å²) in [6.45, 7) is 1.73. The van der Waals surface area contributed by atoms with Crippen LogP contribution in [-0.4, -0.2) is 41.3 Å². The summed E-state index contributed by atoms with van der Waals surface area (Å²) in [5.74, 6) is 0. The van der Waals surface area contributed by atoms with Crippen LogP contribution in [0.15, 0.2) is 24.3 Å². The monoisotopic (exact) mass is 359 g/mol. The van der Waals surface area contributed by atoms with Gasteiger partial charge in [0.25, 0.3) is 5.69 Å². The van der Waals surface area contributed by atoms with Crippen LogP contribution < -0.4 is 9.80 Å². The first-order valence-corrected chi connectivity index (χ1v) is 7.82. The molecule has 0 radical (unpaired) electrons. The standard InChI is InChI=1S/C13H12F3N5O2S/c14-13(15,16)11-17-18-12(24-11)20-7-5-19(6-8-20)9-3-1-2-4-10(9)21(22)23/h1-4H,5-8H2. The van der Waals surface area contributed by atoms with Crippen LogP contribution in [0.4, 0.5) is 29.7 Å². The number of alkyl halides is 3. The Morgan fingerprint density at radius 3 is 2.29 bits per heavy atom. The number of nitrogens with zero attached hydrogens (tertiary/aromatic N) is 5. The van der Waals surface area contributed by atoms with Crippen LogP contribution in [-0.2, 0) is 6.18 Å². The van der Waals surface area contributed by atoms with Crippen molar-refractivity contribution in [3.63, 3.8) is 0 Å². The molecule has 2 heterocycles. The third kappa shape index (κ3) is 3.25. The van der Waals surface area contributed by atoms with Gasteiger partial charge < -0.3 is 9.80 Å². The summed E-state index contributed by atoms with van der Waals surface area (Å²) in [4.78, 5) is 14.2. The molecule has 0 saturated carbocycles. The molecule has 128 valence electrons. The summed E-state index contributed by atoms with van der Waals surface area (Å²) in [6.07, 6.45) is -4.50. The van der Waals surface area contributed by atoms with Crippen LogP contribution in [0, 0.1) is 10.1 Å².